The van der Waals surface area contributed by atoms with E-state index in [0.717, 1.165) is 64.7 Å². The first-order valence-electron chi connectivity index (χ1n) is 9.27. The van der Waals surface area contributed by atoms with Gasteiger partial charge in [-0.15, -0.1) is 11.3 Å². The molecule has 5 nitrogen and oxygen atoms in total. The van der Waals surface area contributed by atoms with E-state index in [1.54, 1.807) is 0 Å². The summed E-state index contributed by atoms with van der Waals surface area (Å²) >= 11 is 1.47. The van der Waals surface area contributed by atoms with E-state index in [1.807, 2.05) is 26.0 Å². The Morgan fingerprint density at radius 1 is 1.19 bits per heavy atom. The van der Waals surface area contributed by atoms with E-state index in [1.165, 1.54) is 11.3 Å². The monoisotopic (exact) mass is 368 g/mol. The lowest BCUT2D eigenvalue weighted by molar-refractivity contribution is 0.0946. The van der Waals surface area contributed by atoms with Gasteiger partial charge in [0.2, 0.25) is 0 Å². The highest BCUT2D eigenvalue weighted by Gasteiger charge is 2.25. The molecule has 136 valence electrons. The van der Waals surface area contributed by atoms with Crippen LogP contribution in [0, 0.1) is 19.8 Å². The van der Waals surface area contributed by atoms with E-state index in [4.69, 9.17) is 4.98 Å². The molecule has 6 heteroatoms. The normalized spacial score (nSPS) is 20.4. The minimum Gasteiger partial charge on any atom is -0.351 e. The number of aryl methyl sites for hydroxylation is 2. The Hall–Kier alpha value is -2.21. The number of H-pyrrole nitrogens is 1. The topological polar surface area (TPSA) is 70.7 Å². The Kier molecular flexibility index (Phi) is 4.76. The Bertz CT molecular complexity index is 888. The van der Waals surface area contributed by atoms with Gasteiger partial charge in [0.15, 0.2) is 0 Å². The molecule has 2 aromatic heterocycles. The number of hydrogen-bond donors (Lipinski definition) is 2. The van der Waals surface area contributed by atoms with Crippen molar-refractivity contribution in [3.05, 3.63) is 45.7 Å². The van der Waals surface area contributed by atoms with Crippen molar-refractivity contribution in [3.63, 3.8) is 0 Å². The van der Waals surface area contributed by atoms with E-state index in [-0.39, 0.29) is 5.91 Å². The summed E-state index contributed by atoms with van der Waals surface area (Å²) in [6.45, 7) is 4.59. The Labute approximate surface area is 157 Å². The number of fused-ring (bicyclic) bond motifs is 1. The molecule has 1 aliphatic rings. The molecule has 0 bridgehead atoms. The van der Waals surface area contributed by atoms with Gasteiger partial charge in [-0.1, -0.05) is 12.1 Å². The van der Waals surface area contributed by atoms with Crippen LogP contribution in [-0.4, -0.2) is 27.4 Å². The summed E-state index contributed by atoms with van der Waals surface area (Å²) in [6.07, 6.45) is 4.50. The predicted molar refractivity (Wildman–Crippen MR) is 105 cm³/mol. The molecule has 0 aliphatic heterocycles. The highest BCUT2D eigenvalue weighted by atomic mass is 32.1. The van der Waals surface area contributed by atoms with Gasteiger partial charge in [-0.05, 0) is 57.6 Å². The summed E-state index contributed by atoms with van der Waals surface area (Å²) in [4.78, 5) is 25.7. The van der Waals surface area contributed by atoms with Crippen LogP contribution in [-0.2, 0) is 0 Å². The Morgan fingerprint density at radius 2 is 1.96 bits per heavy atom. The minimum atomic E-state index is 0.0208. The number of carbonyl (C=O) groups is 1. The molecular formula is C20H24N4OS. The van der Waals surface area contributed by atoms with Gasteiger partial charge in [-0.3, -0.25) is 4.79 Å². The fourth-order valence-corrected chi connectivity index (χ4v) is 4.70. The Balaban J connectivity index is 1.31. The van der Waals surface area contributed by atoms with Crippen LogP contribution in [0.5, 0.6) is 0 Å². The number of amides is 1. The summed E-state index contributed by atoms with van der Waals surface area (Å²) in [7, 11) is 0. The molecule has 1 aliphatic carbocycles. The number of hydrogen-bond acceptors (Lipinski definition) is 4. The standard InChI is InChI=1S/C20H24N4OS/c1-12-18(26-13(2)22-12)20(25)21-11-14-7-9-15(10-8-14)19-23-16-5-3-4-6-17(16)24-19/h3-6,14-15H,7-11H2,1-2H3,(H,21,25)(H,23,24). The fraction of sp³-hybridized carbons (Fsp3) is 0.450. The summed E-state index contributed by atoms with van der Waals surface area (Å²) in [5.41, 5.74) is 3.00. The van der Waals surface area contributed by atoms with E-state index in [0.29, 0.717) is 11.8 Å². The second-order valence-electron chi connectivity index (χ2n) is 7.21. The van der Waals surface area contributed by atoms with Gasteiger partial charge in [0.1, 0.15) is 10.7 Å². The van der Waals surface area contributed by atoms with Crippen LogP contribution >= 0.6 is 11.3 Å². The third-order valence-electron chi connectivity index (χ3n) is 5.30. The molecule has 4 rings (SSSR count). The van der Waals surface area contributed by atoms with Crippen molar-refractivity contribution in [1.82, 2.24) is 20.3 Å². The van der Waals surface area contributed by atoms with Crippen molar-refractivity contribution >= 4 is 28.3 Å². The minimum absolute atomic E-state index is 0.0208. The summed E-state index contributed by atoms with van der Waals surface area (Å²) < 4.78 is 0. The van der Waals surface area contributed by atoms with Gasteiger partial charge < -0.3 is 10.3 Å². The summed E-state index contributed by atoms with van der Waals surface area (Å²) in [5, 5.41) is 4.05. The first kappa shape index (κ1) is 17.2. The number of thiazole rings is 1. The maximum atomic E-state index is 12.4. The molecule has 1 aromatic carbocycles. The van der Waals surface area contributed by atoms with Gasteiger partial charge in [-0.25, -0.2) is 9.97 Å². The molecule has 0 saturated heterocycles. The fourth-order valence-electron chi connectivity index (χ4n) is 3.87. The number of aromatic nitrogens is 3. The number of nitrogens with one attached hydrogen (secondary N) is 2. The van der Waals surface area contributed by atoms with Crippen molar-refractivity contribution in [2.24, 2.45) is 5.92 Å². The van der Waals surface area contributed by atoms with Crippen LogP contribution < -0.4 is 5.32 Å². The molecular weight excluding hydrogens is 344 g/mol. The zero-order valence-electron chi connectivity index (χ0n) is 15.2. The molecule has 0 unspecified atom stereocenters. The molecule has 2 heterocycles. The number of rotatable bonds is 4. The number of aromatic amines is 1. The molecule has 0 atom stereocenters. The number of benzene rings is 1. The van der Waals surface area contributed by atoms with Crippen LogP contribution in [0.4, 0.5) is 0 Å². The molecule has 0 radical (unpaired) electrons. The largest absolute Gasteiger partial charge is 0.351 e. The molecule has 1 fully saturated rings. The second-order valence-corrected chi connectivity index (χ2v) is 8.42. The lowest BCUT2D eigenvalue weighted by atomic mass is 9.81. The summed E-state index contributed by atoms with van der Waals surface area (Å²) in [6, 6.07) is 8.20. The zero-order chi connectivity index (χ0) is 18.1. The zero-order valence-corrected chi connectivity index (χ0v) is 16.0. The summed E-state index contributed by atoms with van der Waals surface area (Å²) in [5.74, 6) is 2.19. The van der Waals surface area contributed by atoms with Crippen LogP contribution in [0.3, 0.4) is 0 Å². The lowest BCUT2D eigenvalue weighted by Crippen LogP contribution is -2.31. The highest BCUT2D eigenvalue weighted by molar-refractivity contribution is 7.13. The molecule has 0 spiro atoms. The van der Waals surface area contributed by atoms with Crippen molar-refractivity contribution < 1.29 is 4.79 Å². The molecule has 26 heavy (non-hydrogen) atoms. The average Bonchev–Trinajstić information content (AvgIpc) is 3.22. The molecule has 1 amide bonds. The van der Waals surface area contributed by atoms with E-state index in [2.05, 4.69) is 27.4 Å². The number of para-hydroxylation sites is 2. The molecule has 1 saturated carbocycles. The first-order chi connectivity index (χ1) is 12.6. The molecule has 2 N–H and O–H groups in total. The number of nitrogens with zero attached hydrogens (tertiary/aromatic N) is 2. The van der Waals surface area contributed by atoms with Gasteiger partial charge in [0.25, 0.3) is 5.91 Å². The third-order valence-corrected chi connectivity index (χ3v) is 6.37. The highest BCUT2D eigenvalue weighted by Crippen LogP contribution is 2.35. The van der Waals surface area contributed by atoms with E-state index < -0.39 is 0 Å². The Morgan fingerprint density at radius 3 is 2.65 bits per heavy atom. The lowest BCUT2D eigenvalue weighted by Gasteiger charge is -2.27. The SMILES string of the molecule is Cc1nc(C)c(C(=O)NCC2CCC(c3nc4ccccc4[nH]3)CC2)s1. The number of imidazole rings is 1. The quantitative estimate of drug-likeness (QED) is 0.719. The average molecular weight is 369 g/mol. The van der Waals surface area contributed by atoms with Gasteiger partial charge in [-0.2, -0.15) is 0 Å². The van der Waals surface area contributed by atoms with Gasteiger partial charge in [0.05, 0.1) is 21.7 Å². The van der Waals surface area contributed by atoms with Crippen molar-refractivity contribution in [2.45, 2.75) is 45.4 Å². The predicted octanol–water partition coefficient (Wildman–Crippen LogP) is 4.34. The first-order valence-corrected chi connectivity index (χ1v) is 10.1. The number of carbonyl (C=O) groups excluding carboxylic acids is 1. The van der Waals surface area contributed by atoms with Crippen LogP contribution in [0.1, 0.15) is 57.8 Å². The van der Waals surface area contributed by atoms with E-state index >= 15 is 0 Å². The third kappa shape index (κ3) is 3.51. The second kappa shape index (κ2) is 7.19. The van der Waals surface area contributed by atoms with Gasteiger partial charge in [0, 0.05) is 12.5 Å². The maximum Gasteiger partial charge on any atom is 0.263 e. The van der Waals surface area contributed by atoms with E-state index in [9.17, 15) is 4.79 Å². The van der Waals surface area contributed by atoms with Crippen molar-refractivity contribution in [2.75, 3.05) is 6.54 Å². The van der Waals surface area contributed by atoms with Crippen LogP contribution in [0.15, 0.2) is 24.3 Å². The van der Waals surface area contributed by atoms with Crippen molar-refractivity contribution in [3.8, 4) is 0 Å². The molecule has 3 aromatic rings. The van der Waals surface area contributed by atoms with Crippen LogP contribution in [0.2, 0.25) is 0 Å². The van der Waals surface area contributed by atoms with Crippen LogP contribution in [0.25, 0.3) is 11.0 Å². The smallest absolute Gasteiger partial charge is 0.263 e. The van der Waals surface area contributed by atoms with Gasteiger partial charge >= 0.3 is 0 Å². The maximum absolute atomic E-state index is 12.4. The van der Waals surface area contributed by atoms with Crippen molar-refractivity contribution in [1.29, 1.82) is 0 Å².